The number of nitrogens with zero attached hydrogens (tertiary/aromatic N) is 1. The number of hydroxylamine groups is 1. The largest absolute Gasteiger partial charge is 0.325 e. The van der Waals surface area contributed by atoms with Crippen molar-refractivity contribution >= 4 is 11.6 Å². The van der Waals surface area contributed by atoms with E-state index in [4.69, 9.17) is 10.6 Å². The Morgan fingerprint density at radius 3 is 2.47 bits per heavy atom. The molecular formula is C13H18N2O2. The minimum atomic E-state index is -0.221. The van der Waals surface area contributed by atoms with Crippen LogP contribution >= 0.6 is 0 Å². The van der Waals surface area contributed by atoms with Gasteiger partial charge in [-0.1, -0.05) is 12.1 Å². The van der Waals surface area contributed by atoms with Crippen LogP contribution in [0.25, 0.3) is 0 Å². The molecule has 0 aliphatic carbocycles. The van der Waals surface area contributed by atoms with Crippen LogP contribution in [0.2, 0.25) is 0 Å². The Hall–Kier alpha value is -1.39. The van der Waals surface area contributed by atoms with Crippen LogP contribution < -0.4 is 10.8 Å². The van der Waals surface area contributed by atoms with Crippen LogP contribution in [0, 0.1) is 0 Å². The molecular weight excluding hydrogens is 216 g/mol. The van der Waals surface area contributed by atoms with Crippen LogP contribution in [0.4, 0.5) is 5.69 Å². The average molecular weight is 234 g/mol. The molecule has 0 atom stereocenters. The second kappa shape index (κ2) is 4.47. The molecule has 0 saturated carbocycles. The van der Waals surface area contributed by atoms with Gasteiger partial charge in [-0.25, -0.2) is 0 Å². The van der Waals surface area contributed by atoms with E-state index >= 15 is 0 Å². The van der Waals surface area contributed by atoms with E-state index in [1.54, 1.807) is 0 Å². The molecule has 1 heterocycles. The van der Waals surface area contributed by atoms with Crippen molar-refractivity contribution in [2.45, 2.75) is 32.2 Å². The zero-order valence-electron chi connectivity index (χ0n) is 10.3. The Kier molecular flexibility index (Phi) is 3.17. The standard InChI is InChI=1S/C13H18N2O2/c1-13(2,14)9-10-3-5-11(6-4-10)15-12(16)7-8-17-15/h3-6H,7-9,14H2,1-2H3. The maximum atomic E-state index is 11.5. The molecule has 1 fully saturated rings. The number of benzene rings is 1. The molecule has 1 saturated heterocycles. The smallest absolute Gasteiger partial charge is 0.253 e. The van der Waals surface area contributed by atoms with Gasteiger partial charge in [-0.15, -0.1) is 0 Å². The quantitative estimate of drug-likeness (QED) is 0.865. The number of carbonyl (C=O) groups is 1. The van der Waals surface area contributed by atoms with Gasteiger partial charge in [0.2, 0.25) is 0 Å². The van der Waals surface area contributed by atoms with Gasteiger partial charge in [0.25, 0.3) is 5.91 Å². The highest BCUT2D eigenvalue weighted by Crippen LogP contribution is 2.21. The predicted octanol–water partition coefficient (Wildman–Crippen LogP) is 1.63. The fraction of sp³-hybridized carbons (Fsp3) is 0.462. The van der Waals surface area contributed by atoms with Gasteiger partial charge in [0.15, 0.2) is 0 Å². The molecule has 2 N–H and O–H groups in total. The van der Waals surface area contributed by atoms with Gasteiger partial charge in [-0.05, 0) is 38.0 Å². The lowest BCUT2D eigenvalue weighted by Gasteiger charge is -2.19. The van der Waals surface area contributed by atoms with E-state index in [9.17, 15) is 4.79 Å². The van der Waals surface area contributed by atoms with Crippen molar-refractivity contribution in [3.63, 3.8) is 0 Å². The normalized spacial score (nSPS) is 16.6. The fourth-order valence-electron chi connectivity index (χ4n) is 1.89. The molecule has 2 rings (SSSR count). The molecule has 0 unspecified atom stereocenters. The van der Waals surface area contributed by atoms with Crippen molar-refractivity contribution < 1.29 is 9.63 Å². The first-order chi connectivity index (χ1) is 7.96. The highest BCUT2D eigenvalue weighted by molar-refractivity contribution is 5.92. The molecule has 17 heavy (non-hydrogen) atoms. The fourth-order valence-corrected chi connectivity index (χ4v) is 1.89. The number of rotatable bonds is 3. The molecule has 4 nitrogen and oxygen atoms in total. The molecule has 1 aromatic rings. The van der Waals surface area contributed by atoms with Crippen molar-refractivity contribution in [2.75, 3.05) is 11.7 Å². The summed E-state index contributed by atoms with van der Waals surface area (Å²) in [5.41, 5.74) is 7.68. The Balaban J connectivity index is 2.10. The maximum Gasteiger partial charge on any atom is 0.253 e. The van der Waals surface area contributed by atoms with E-state index in [-0.39, 0.29) is 11.4 Å². The summed E-state index contributed by atoms with van der Waals surface area (Å²) in [5, 5.41) is 1.36. The third-order valence-electron chi connectivity index (χ3n) is 2.59. The highest BCUT2D eigenvalue weighted by Gasteiger charge is 2.23. The van der Waals surface area contributed by atoms with E-state index in [2.05, 4.69) is 0 Å². The van der Waals surface area contributed by atoms with Crippen LogP contribution in [0.1, 0.15) is 25.8 Å². The molecule has 0 bridgehead atoms. The van der Waals surface area contributed by atoms with Gasteiger partial charge in [0.05, 0.1) is 18.7 Å². The first-order valence-electron chi connectivity index (χ1n) is 5.79. The van der Waals surface area contributed by atoms with Crippen LogP contribution in [-0.2, 0) is 16.1 Å². The topological polar surface area (TPSA) is 55.6 Å². The Morgan fingerprint density at radius 2 is 2.00 bits per heavy atom. The van der Waals surface area contributed by atoms with E-state index in [0.717, 1.165) is 17.7 Å². The zero-order valence-corrected chi connectivity index (χ0v) is 10.3. The van der Waals surface area contributed by atoms with E-state index in [1.807, 2.05) is 38.1 Å². The minimum Gasteiger partial charge on any atom is -0.325 e. The first-order valence-corrected chi connectivity index (χ1v) is 5.79. The van der Waals surface area contributed by atoms with Crippen molar-refractivity contribution in [1.82, 2.24) is 0 Å². The van der Waals surface area contributed by atoms with Crippen LogP contribution in [0.3, 0.4) is 0 Å². The van der Waals surface area contributed by atoms with Gasteiger partial charge in [0, 0.05) is 5.54 Å². The van der Waals surface area contributed by atoms with E-state index in [1.165, 1.54) is 5.06 Å². The second-order valence-corrected chi connectivity index (χ2v) is 5.10. The number of nitrogens with two attached hydrogens (primary N) is 1. The third kappa shape index (κ3) is 3.05. The van der Waals surface area contributed by atoms with Crippen molar-refractivity contribution in [3.8, 4) is 0 Å². The van der Waals surface area contributed by atoms with Gasteiger partial charge < -0.3 is 5.73 Å². The lowest BCUT2D eigenvalue weighted by atomic mass is 9.96. The number of amides is 1. The Bertz CT molecular complexity index is 406. The monoisotopic (exact) mass is 234 g/mol. The molecule has 1 amide bonds. The van der Waals surface area contributed by atoms with Crippen LogP contribution in [-0.4, -0.2) is 18.1 Å². The van der Waals surface area contributed by atoms with Crippen LogP contribution in [0.5, 0.6) is 0 Å². The summed E-state index contributed by atoms with van der Waals surface area (Å²) in [7, 11) is 0. The summed E-state index contributed by atoms with van der Waals surface area (Å²) in [4.78, 5) is 16.7. The van der Waals surface area contributed by atoms with Gasteiger partial charge in [-0.3, -0.25) is 9.63 Å². The summed E-state index contributed by atoms with van der Waals surface area (Å²) < 4.78 is 0. The average Bonchev–Trinajstić information content (AvgIpc) is 2.63. The lowest BCUT2D eigenvalue weighted by Crippen LogP contribution is -2.34. The predicted molar refractivity (Wildman–Crippen MR) is 66.5 cm³/mol. The first kappa shape index (κ1) is 12.1. The number of carbonyl (C=O) groups excluding carboxylic acids is 1. The van der Waals surface area contributed by atoms with Crippen LogP contribution in [0.15, 0.2) is 24.3 Å². The second-order valence-electron chi connectivity index (χ2n) is 5.10. The Morgan fingerprint density at radius 1 is 1.35 bits per heavy atom. The molecule has 4 heteroatoms. The molecule has 1 aliphatic heterocycles. The molecule has 0 radical (unpaired) electrons. The maximum absolute atomic E-state index is 11.5. The summed E-state index contributed by atoms with van der Waals surface area (Å²) in [6, 6.07) is 7.76. The van der Waals surface area contributed by atoms with E-state index < -0.39 is 0 Å². The van der Waals surface area contributed by atoms with Crippen molar-refractivity contribution in [3.05, 3.63) is 29.8 Å². The van der Waals surface area contributed by atoms with E-state index in [0.29, 0.717) is 13.0 Å². The minimum absolute atomic E-state index is 0.0110. The van der Waals surface area contributed by atoms with Gasteiger partial charge in [-0.2, -0.15) is 5.06 Å². The highest BCUT2D eigenvalue weighted by atomic mass is 16.7. The zero-order chi connectivity index (χ0) is 12.5. The lowest BCUT2D eigenvalue weighted by molar-refractivity contribution is -0.119. The summed E-state index contributed by atoms with van der Waals surface area (Å²) in [6.07, 6.45) is 1.26. The summed E-state index contributed by atoms with van der Waals surface area (Å²) in [6.45, 7) is 4.46. The number of hydrogen-bond acceptors (Lipinski definition) is 3. The Labute approximate surface area is 101 Å². The molecule has 92 valence electrons. The molecule has 1 aliphatic rings. The van der Waals surface area contributed by atoms with Gasteiger partial charge in [0.1, 0.15) is 0 Å². The summed E-state index contributed by atoms with van der Waals surface area (Å²) >= 11 is 0. The molecule has 0 aromatic heterocycles. The van der Waals surface area contributed by atoms with Gasteiger partial charge >= 0.3 is 0 Å². The van der Waals surface area contributed by atoms with Crippen molar-refractivity contribution in [2.24, 2.45) is 5.73 Å². The van der Waals surface area contributed by atoms with Crippen molar-refractivity contribution in [1.29, 1.82) is 0 Å². The SMILES string of the molecule is CC(C)(N)Cc1ccc(N2OCCC2=O)cc1. The third-order valence-corrected chi connectivity index (χ3v) is 2.59. The number of anilines is 1. The molecule has 1 aromatic carbocycles. The molecule has 0 spiro atoms. The summed E-state index contributed by atoms with van der Waals surface area (Å²) in [5.74, 6) is 0.0110. The number of hydrogen-bond donors (Lipinski definition) is 1.